The molecule has 28 heavy (non-hydrogen) atoms. The van der Waals surface area contributed by atoms with E-state index in [1.807, 2.05) is 0 Å². The van der Waals surface area contributed by atoms with Crippen molar-refractivity contribution < 1.29 is 18.0 Å². The van der Waals surface area contributed by atoms with Crippen LogP contribution in [-0.4, -0.2) is 28.7 Å². The molecule has 0 atom stereocenters. The Morgan fingerprint density at radius 3 is 2.75 bits per heavy atom. The summed E-state index contributed by atoms with van der Waals surface area (Å²) in [7, 11) is 0. The molecule has 1 aromatic heterocycles. The molecule has 0 aliphatic carbocycles. The Morgan fingerprint density at radius 1 is 1.36 bits per heavy atom. The lowest BCUT2D eigenvalue weighted by atomic mass is 10.1. The zero-order valence-electron chi connectivity index (χ0n) is 15.2. The van der Waals surface area contributed by atoms with E-state index in [0.29, 0.717) is 16.4 Å². The molecule has 9 heteroatoms. The van der Waals surface area contributed by atoms with Crippen molar-refractivity contribution >= 4 is 17.7 Å². The van der Waals surface area contributed by atoms with Crippen molar-refractivity contribution in [3.05, 3.63) is 57.0 Å². The minimum absolute atomic E-state index is 0.00587. The van der Waals surface area contributed by atoms with Crippen LogP contribution in [0.15, 0.2) is 34.2 Å². The molecule has 1 aromatic carbocycles. The lowest BCUT2D eigenvalue weighted by Gasteiger charge is -2.06. The van der Waals surface area contributed by atoms with Gasteiger partial charge in [0.2, 0.25) is 5.91 Å². The first kappa shape index (κ1) is 21.6. The van der Waals surface area contributed by atoms with Gasteiger partial charge >= 0.3 is 6.18 Å². The van der Waals surface area contributed by atoms with Crippen molar-refractivity contribution in [2.24, 2.45) is 0 Å². The molecule has 0 aliphatic heterocycles. The summed E-state index contributed by atoms with van der Waals surface area (Å²) in [6.07, 6.45) is -2.32. The topological polar surface area (TPSA) is 74.8 Å². The van der Waals surface area contributed by atoms with Crippen molar-refractivity contribution in [1.82, 2.24) is 15.3 Å². The summed E-state index contributed by atoms with van der Waals surface area (Å²) in [6.45, 7) is 1.71. The Morgan fingerprint density at radius 2 is 2.11 bits per heavy atom. The van der Waals surface area contributed by atoms with Gasteiger partial charge in [0.25, 0.3) is 5.56 Å². The summed E-state index contributed by atoms with van der Waals surface area (Å²) < 4.78 is 38.0. The number of hydrogen-bond donors (Lipinski definition) is 2. The fraction of sp³-hybridized carbons (Fsp3) is 0.316. The average molecular weight is 409 g/mol. The fourth-order valence-corrected chi connectivity index (χ4v) is 2.79. The highest BCUT2D eigenvalue weighted by Crippen LogP contribution is 2.29. The van der Waals surface area contributed by atoms with Gasteiger partial charge in [-0.2, -0.15) is 13.2 Å². The Kier molecular flexibility index (Phi) is 7.29. The lowest BCUT2D eigenvalue weighted by molar-refractivity contribution is -0.137. The molecule has 0 bridgehead atoms. The molecular weight excluding hydrogens is 391 g/mol. The monoisotopic (exact) mass is 409 g/mol. The summed E-state index contributed by atoms with van der Waals surface area (Å²) in [5.41, 5.74) is 0.193. The van der Waals surface area contributed by atoms with Crippen LogP contribution in [0.5, 0.6) is 0 Å². The van der Waals surface area contributed by atoms with Gasteiger partial charge in [-0.25, -0.2) is 4.98 Å². The quantitative estimate of drug-likeness (QED) is 0.452. The maximum atomic E-state index is 12.7. The number of carbonyl (C=O) groups is 1. The molecule has 148 valence electrons. The molecule has 0 saturated heterocycles. The van der Waals surface area contributed by atoms with E-state index in [0.717, 1.165) is 12.1 Å². The normalized spacial score (nSPS) is 10.9. The van der Waals surface area contributed by atoms with Crippen LogP contribution in [-0.2, 0) is 17.4 Å². The molecular formula is C19H18F3N3O2S. The first-order chi connectivity index (χ1) is 13.2. The lowest BCUT2D eigenvalue weighted by Crippen LogP contribution is -2.25. The smallest absolute Gasteiger partial charge is 0.345 e. The molecule has 0 aliphatic rings. The number of nitrogens with one attached hydrogen (secondary N) is 2. The average Bonchev–Trinajstić information content (AvgIpc) is 2.64. The Balaban J connectivity index is 1.88. The van der Waals surface area contributed by atoms with Crippen LogP contribution < -0.4 is 10.9 Å². The Labute approximate surface area is 164 Å². The Hall–Kier alpha value is -2.73. The van der Waals surface area contributed by atoms with Crippen molar-refractivity contribution in [2.45, 2.75) is 31.1 Å². The molecule has 2 rings (SSSR count). The van der Waals surface area contributed by atoms with E-state index in [1.54, 1.807) is 13.2 Å². The number of aromatic amines is 1. The zero-order chi connectivity index (χ0) is 20.7. The van der Waals surface area contributed by atoms with Crippen LogP contribution >= 0.6 is 11.8 Å². The number of thioether (sulfide) groups is 1. The maximum Gasteiger partial charge on any atom is 0.416 e. The molecule has 0 spiro atoms. The second-order valence-corrected chi connectivity index (χ2v) is 6.59. The summed E-state index contributed by atoms with van der Waals surface area (Å²) in [6, 6.07) is 4.67. The number of amides is 1. The molecule has 0 fully saturated rings. The molecule has 0 radical (unpaired) electrons. The number of hydrogen-bond acceptors (Lipinski definition) is 4. The molecule has 1 amide bonds. The van der Waals surface area contributed by atoms with Crippen LogP contribution in [0.25, 0.3) is 0 Å². The second-order valence-electron chi connectivity index (χ2n) is 5.80. The van der Waals surface area contributed by atoms with Crippen LogP contribution in [0.1, 0.15) is 28.8 Å². The predicted molar refractivity (Wildman–Crippen MR) is 101 cm³/mol. The highest BCUT2D eigenvalue weighted by molar-refractivity contribution is 7.98. The summed E-state index contributed by atoms with van der Waals surface area (Å²) in [4.78, 5) is 30.8. The third kappa shape index (κ3) is 6.16. The number of nitrogens with zero attached hydrogens (tertiary/aromatic N) is 1. The molecule has 1 heterocycles. The third-order valence-electron chi connectivity index (χ3n) is 3.79. The highest BCUT2D eigenvalue weighted by atomic mass is 32.2. The first-order valence-corrected chi connectivity index (χ1v) is 9.50. The maximum absolute atomic E-state index is 12.7. The van der Waals surface area contributed by atoms with E-state index >= 15 is 0 Å². The van der Waals surface area contributed by atoms with E-state index < -0.39 is 11.7 Å². The minimum atomic E-state index is -4.43. The van der Waals surface area contributed by atoms with E-state index in [-0.39, 0.29) is 36.4 Å². The van der Waals surface area contributed by atoms with Crippen LogP contribution in [0.4, 0.5) is 13.2 Å². The van der Waals surface area contributed by atoms with Gasteiger partial charge in [-0.05, 0) is 37.8 Å². The van der Waals surface area contributed by atoms with Crippen LogP contribution in [0.2, 0.25) is 0 Å². The van der Waals surface area contributed by atoms with E-state index in [1.165, 1.54) is 23.9 Å². The van der Waals surface area contributed by atoms with Gasteiger partial charge in [-0.3, -0.25) is 9.59 Å². The number of halogens is 3. The van der Waals surface area contributed by atoms with Gasteiger partial charge in [-0.1, -0.05) is 29.7 Å². The first-order valence-electron chi connectivity index (χ1n) is 8.27. The second kappa shape index (κ2) is 9.46. The predicted octanol–water partition coefficient (Wildman–Crippen LogP) is 2.92. The summed E-state index contributed by atoms with van der Waals surface area (Å²) in [5.74, 6) is 4.89. The van der Waals surface area contributed by atoms with Gasteiger partial charge in [0, 0.05) is 23.2 Å². The number of H-pyrrole nitrogens is 1. The van der Waals surface area contributed by atoms with Crippen LogP contribution in [0, 0.1) is 18.8 Å². The van der Waals surface area contributed by atoms with Crippen molar-refractivity contribution in [3.8, 4) is 11.8 Å². The highest BCUT2D eigenvalue weighted by Gasteiger charge is 2.30. The van der Waals surface area contributed by atoms with E-state index in [4.69, 9.17) is 0 Å². The van der Waals surface area contributed by atoms with E-state index in [2.05, 4.69) is 27.1 Å². The number of aromatic nitrogens is 2. The third-order valence-corrected chi connectivity index (χ3v) is 4.37. The summed E-state index contributed by atoms with van der Waals surface area (Å²) >= 11 is 1.32. The van der Waals surface area contributed by atoms with Gasteiger partial charge in [0.1, 0.15) is 0 Å². The van der Waals surface area contributed by atoms with Crippen molar-refractivity contribution in [2.75, 3.05) is 12.8 Å². The fourth-order valence-electron chi connectivity index (χ4n) is 2.36. The van der Waals surface area contributed by atoms with Crippen LogP contribution in [0.3, 0.4) is 0 Å². The number of alkyl halides is 3. The standard InChI is InChI=1S/C19H18F3N3O2S/c1-12-15(17(27)25-18(24-12)28-2)8-9-16(26)23-10-4-6-13-5-3-7-14(11-13)19(20,21)22/h3,5,7,11H,8-10H2,1-2H3,(H,23,26)(H,24,25,27). The summed E-state index contributed by atoms with van der Waals surface area (Å²) in [5, 5.41) is 3.07. The van der Waals surface area contributed by atoms with Crippen molar-refractivity contribution in [3.63, 3.8) is 0 Å². The minimum Gasteiger partial charge on any atom is -0.345 e. The van der Waals surface area contributed by atoms with Gasteiger partial charge in [0.15, 0.2) is 5.16 Å². The number of aryl methyl sites for hydroxylation is 1. The van der Waals surface area contributed by atoms with Gasteiger partial charge in [-0.15, -0.1) is 0 Å². The van der Waals surface area contributed by atoms with Crippen molar-refractivity contribution in [1.29, 1.82) is 0 Å². The molecule has 2 aromatic rings. The largest absolute Gasteiger partial charge is 0.416 e. The number of benzene rings is 1. The molecule has 2 N–H and O–H groups in total. The van der Waals surface area contributed by atoms with Gasteiger partial charge in [0.05, 0.1) is 12.1 Å². The Bertz CT molecular complexity index is 975. The number of carbonyl (C=O) groups excluding carboxylic acids is 1. The molecule has 0 saturated carbocycles. The van der Waals surface area contributed by atoms with E-state index in [9.17, 15) is 22.8 Å². The zero-order valence-corrected chi connectivity index (χ0v) is 16.1. The molecule has 0 unspecified atom stereocenters. The molecule has 5 nitrogen and oxygen atoms in total. The number of rotatable bonds is 5. The SMILES string of the molecule is CSc1nc(C)c(CCC(=O)NCC#Cc2cccc(C(F)(F)F)c2)c(=O)[nH]1. The van der Waals surface area contributed by atoms with Gasteiger partial charge < -0.3 is 10.3 Å².